The summed E-state index contributed by atoms with van der Waals surface area (Å²) in [7, 11) is 2.16. The van der Waals surface area contributed by atoms with Crippen LogP contribution in [0.1, 0.15) is 12.0 Å². The average molecular weight is 406 g/mol. The summed E-state index contributed by atoms with van der Waals surface area (Å²) in [5, 5.41) is 4.25. The molecule has 0 aromatic carbocycles. The van der Waals surface area contributed by atoms with Crippen molar-refractivity contribution in [3.8, 4) is 0 Å². The molecule has 1 saturated heterocycles. The third kappa shape index (κ3) is 9.55. The largest absolute Gasteiger partial charge is 0.395 e. The second-order valence-electron chi connectivity index (χ2n) is 4.96. The first-order valence-corrected chi connectivity index (χ1v) is 7.30. The van der Waals surface area contributed by atoms with Crippen LogP contribution >= 0.6 is 48.8 Å². The molecule has 2 rings (SSSR count). The molecule has 5 nitrogen and oxygen atoms in total. The van der Waals surface area contributed by atoms with E-state index >= 15 is 0 Å². The van der Waals surface area contributed by atoms with Crippen molar-refractivity contribution in [3.05, 3.63) is 30.1 Å². The summed E-state index contributed by atoms with van der Waals surface area (Å²) >= 11 is 6.02. The highest BCUT2D eigenvalue weighted by Crippen LogP contribution is 2.04. The van der Waals surface area contributed by atoms with E-state index < -0.39 is 0 Å². The molecule has 1 aromatic rings. The molecule has 0 radical (unpaired) electrons. The number of likely N-dealkylation sites (N-methyl/N-ethyl adjacent to an activating group) is 1. The second kappa shape index (κ2) is 14.1. The highest BCUT2D eigenvalue weighted by atomic mass is 35.5. The molecule has 9 heteroatoms. The average Bonchev–Trinajstić information content (AvgIpc) is 2.49. The van der Waals surface area contributed by atoms with E-state index in [4.69, 9.17) is 16.4 Å². The van der Waals surface area contributed by atoms with E-state index in [1.54, 1.807) is 12.4 Å². The molecule has 134 valence electrons. The number of piperazine rings is 1. The molecule has 0 N–H and O–H groups in total. The Bertz CT molecular complexity index is 428. The monoisotopic (exact) mass is 404 g/mol. The third-order valence-corrected chi connectivity index (χ3v) is 3.64. The van der Waals surface area contributed by atoms with Gasteiger partial charge in [-0.05, 0) is 25.6 Å². The minimum atomic E-state index is 0. The van der Waals surface area contributed by atoms with Crippen molar-refractivity contribution in [2.45, 2.75) is 6.42 Å². The van der Waals surface area contributed by atoms with Crippen LogP contribution in [0.4, 0.5) is 0 Å². The Balaban J connectivity index is 0. The van der Waals surface area contributed by atoms with Gasteiger partial charge in [0.25, 0.3) is 0 Å². The molecule has 1 aliphatic rings. The predicted octanol–water partition coefficient (Wildman–Crippen LogP) is 2.90. The maximum Gasteiger partial charge on any atom is 0.177 e. The smallest absolute Gasteiger partial charge is 0.177 e. The van der Waals surface area contributed by atoms with Gasteiger partial charge in [-0.3, -0.25) is 4.98 Å². The minimum absolute atomic E-state index is 0. The maximum absolute atomic E-state index is 6.02. The molecule has 2 heterocycles. The minimum Gasteiger partial charge on any atom is -0.395 e. The molecule has 0 aliphatic carbocycles. The number of halogens is 4. The lowest BCUT2D eigenvalue weighted by Gasteiger charge is -2.32. The molecule has 1 aliphatic heterocycles. The Kier molecular flexibility index (Phi) is 15.3. The molecule has 0 atom stereocenters. The fourth-order valence-corrected chi connectivity index (χ4v) is 2.22. The number of nitrogens with zero attached hydrogens (tertiary/aromatic N) is 4. The van der Waals surface area contributed by atoms with E-state index in [1.165, 1.54) is 0 Å². The lowest BCUT2D eigenvalue weighted by Crippen LogP contribution is -2.44. The Morgan fingerprint density at radius 2 is 1.96 bits per heavy atom. The lowest BCUT2D eigenvalue weighted by atomic mass is 10.3. The van der Waals surface area contributed by atoms with Gasteiger partial charge in [-0.1, -0.05) is 16.8 Å². The SMILES string of the molecule is CN1CCN(CCCO/N=C(\Cl)c2cccnc2)CC1.Cl.Cl.Cl. The molecule has 1 fully saturated rings. The Morgan fingerprint density at radius 1 is 1.26 bits per heavy atom. The summed E-state index contributed by atoms with van der Waals surface area (Å²) in [4.78, 5) is 14.0. The van der Waals surface area contributed by atoms with E-state index in [0.29, 0.717) is 11.8 Å². The Morgan fingerprint density at radius 3 is 2.57 bits per heavy atom. The Hall–Kier alpha value is -0.300. The first-order chi connectivity index (χ1) is 9.75. The fourth-order valence-electron chi connectivity index (χ4n) is 2.06. The normalized spacial score (nSPS) is 15.8. The van der Waals surface area contributed by atoms with Crippen LogP contribution in [0.5, 0.6) is 0 Å². The second-order valence-corrected chi connectivity index (χ2v) is 5.31. The number of hydrogen-bond acceptors (Lipinski definition) is 5. The van der Waals surface area contributed by atoms with Crippen molar-refractivity contribution >= 4 is 54.0 Å². The predicted molar refractivity (Wildman–Crippen MR) is 103 cm³/mol. The van der Waals surface area contributed by atoms with E-state index in [9.17, 15) is 0 Å². The summed E-state index contributed by atoms with van der Waals surface area (Å²) < 4.78 is 0. The number of rotatable bonds is 6. The maximum atomic E-state index is 6.02. The molecule has 0 unspecified atom stereocenters. The van der Waals surface area contributed by atoms with Crippen molar-refractivity contribution in [3.63, 3.8) is 0 Å². The van der Waals surface area contributed by atoms with Gasteiger partial charge < -0.3 is 14.6 Å². The van der Waals surface area contributed by atoms with Crippen LogP contribution in [0.2, 0.25) is 0 Å². The van der Waals surface area contributed by atoms with E-state index in [-0.39, 0.29) is 37.2 Å². The van der Waals surface area contributed by atoms with Gasteiger partial charge >= 0.3 is 0 Å². The van der Waals surface area contributed by atoms with Crippen molar-refractivity contribution < 1.29 is 4.84 Å². The number of oxime groups is 1. The van der Waals surface area contributed by atoms with Crippen molar-refractivity contribution in [2.75, 3.05) is 46.4 Å². The molecular weight excluding hydrogens is 382 g/mol. The van der Waals surface area contributed by atoms with Crippen LogP contribution in [0, 0.1) is 0 Å². The van der Waals surface area contributed by atoms with Crippen LogP contribution < -0.4 is 0 Å². The van der Waals surface area contributed by atoms with Gasteiger partial charge in [0, 0.05) is 50.7 Å². The summed E-state index contributed by atoms with van der Waals surface area (Å²) in [5.41, 5.74) is 0.772. The first-order valence-electron chi connectivity index (χ1n) is 6.92. The van der Waals surface area contributed by atoms with Crippen LogP contribution in [0.3, 0.4) is 0 Å². The van der Waals surface area contributed by atoms with Crippen LogP contribution in [0.25, 0.3) is 0 Å². The summed E-state index contributed by atoms with van der Waals surface area (Å²) in [6.07, 6.45) is 4.33. The van der Waals surface area contributed by atoms with Gasteiger partial charge in [0.2, 0.25) is 0 Å². The molecule has 0 spiro atoms. The van der Waals surface area contributed by atoms with Crippen molar-refractivity contribution in [2.24, 2.45) is 5.16 Å². The zero-order valence-corrected chi connectivity index (χ0v) is 16.3. The molecule has 0 bridgehead atoms. The first kappa shape index (κ1) is 24.9. The highest BCUT2D eigenvalue weighted by molar-refractivity contribution is 6.69. The molecule has 23 heavy (non-hydrogen) atoms. The molecular formula is C14H24Cl4N4O. The number of aromatic nitrogens is 1. The van der Waals surface area contributed by atoms with Gasteiger partial charge in [0.05, 0.1) is 0 Å². The third-order valence-electron chi connectivity index (χ3n) is 3.35. The van der Waals surface area contributed by atoms with Crippen LogP contribution in [0.15, 0.2) is 29.7 Å². The summed E-state index contributed by atoms with van der Waals surface area (Å²) in [5.74, 6) is 0. The van der Waals surface area contributed by atoms with E-state index in [0.717, 1.165) is 44.7 Å². The van der Waals surface area contributed by atoms with Gasteiger partial charge in [-0.15, -0.1) is 37.2 Å². The fraction of sp³-hybridized carbons (Fsp3) is 0.571. The van der Waals surface area contributed by atoms with Crippen molar-refractivity contribution in [1.29, 1.82) is 0 Å². The van der Waals surface area contributed by atoms with Gasteiger partial charge in [-0.2, -0.15) is 0 Å². The van der Waals surface area contributed by atoms with Crippen LogP contribution in [-0.2, 0) is 4.84 Å². The van der Waals surface area contributed by atoms with Gasteiger partial charge in [0.15, 0.2) is 5.17 Å². The zero-order chi connectivity index (χ0) is 14.2. The topological polar surface area (TPSA) is 41.0 Å². The standard InChI is InChI=1S/C14H21ClN4O.3ClH/c1-18-7-9-19(10-8-18)6-3-11-20-17-14(15)13-4-2-5-16-12-13;;;/h2,4-5,12H,3,6-11H2,1H3;3*1H/b17-14-;;;. The van der Waals surface area contributed by atoms with Crippen LogP contribution in [-0.4, -0.2) is 66.3 Å². The zero-order valence-electron chi connectivity index (χ0n) is 13.1. The van der Waals surface area contributed by atoms with E-state index in [1.807, 2.05) is 12.1 Å². The molecule has 1 aromatic heterocycles. The van der Waals surface area contributed by atoms with E-state index in [2.05, 4.69) is 27.0 Å². The van der Waals surface area contributed by atoms with Crippen molar-refractivity contribution in [1.82, 2.24) is 14.8 Å². The molecule has 0 amide bonds. The quantitative estimate of drug-likeness (QED) is 0.414. The Labute approximate surface area is 161 Å². The van der Waals surface area contributed by atoms with Gasteiger partial charge in [-0.25, -0.2) is 0 Å². The van der Waals surface area contributed by atoms with Gasteiger partial charge in [0.1, 0.15) is 6.61 Å². The summed E-state index contributed by atoms with van der Waals surface area (Å²) in [6, 6.07) is 3.67. The number of pyridine rings is 1. The summed E-state index contributed by atoms with van der Waals surface area (Å²) in [6.45, 7) is 6.20. The highest BCUT2D eigenvalue weighted by Gasteiger charge is 2.12. The lowest BCUT2D eigenvalue weighted by molar-refractivity contribution is 0.111. The molecule has 0 saturated carbocycles. The number of hydrogen-bond donors (Lipinski definition) is 0.